The minimum Gasteiger partial charge on any atom is -0.463 e. The maximum Gasteiger partial charge on any atom is 0.333 e. The monoisotopic (exact) mass is 197 g/mol. The van der Waals surface area contributed by atoms with Gasteiger partial charge in [-0.1, -0.05) is 0 Å². The molecule has 0 aliphatic carbocycles. The van der Waals surface area contributed by atoms with E-state index >= 15 is 0 Å². The molecule has 0 spiro atoms. The summed E-state index contributed by atoms with van der Waals surface area (Å²) in [5.74, 6) is -0.155. The Labute approximate surface area is 85.7 Å². The zero-order chi connectivity index (χ0) is 10.6. The second kappa shape index (κ2) is 5.15. The van der Waals surface area contributed by atoms with Crippen LogP contribution in [0.2, 0.25) is 0 Å². The fraction of sp³-hybridized carbons (Fsp3) is 0.727. The number of nitrogens with zero attached hydrogens (tertiary/aromatic N) is 1. The SMILES string of the molecule is CCOC(=O)C(C)=C1CCCN(C)C1. The molecule has 0 saturated carbocycles. The molecule has 0 aromatic carbocycles. The highest BCUT2D eigenvalue weighted by Gasteiger charge is 2.16. The van der Waals surface area contributed by atoms with Gasteiger partial charge < -0.3 is 9.64 Å². The molecule has 14 heavy (non-hydrogen) atoms. The van der Waals surface area contributed by atoms with Crippen LogP contribution in [0.3, 0.4) is 0 Å². The van der Waals surface area contributed by atoms with Crippen molar-refractivity contribution in [2.45, 2.75) is 26.7 Å². The predicted molar refractivity (Wildman–Crippen MR) is 56.1 cm³/mol. The van der Waals surface area contributed by atoms with E-state index in [9.17, 15) is 4.79 Å². The number of carbonyl (C=O) groups excluding carboxylic acids is 1. The summed E-state index contributed by atoms with van der Waals surface area (Å²) in [4.78, 5) is 13.7. The zero-order valence-electron chi connectivity index (χ0n) is 9.30. The molecule has 0 atom stereocenters. The minimum atomic E-state index is -0.155. The van der Waals surface area contributed by atoms with E-state index in [1.54, 1.807) is 0 Å². The van der Waals surface area contributed by atoms with Gasteiger partial charge in [0.25, 0.3) is 0 Å². The summed E-state index contributed by atoms with van der Waals surface area (Å²) in [6.07, 6.45) is 2.18. The van der Waals surface area contributed by atoms with E-state index in [-0.39, 0.29) is 5.97 Å². The first-order valence-electron chi connectivity index (χ1n) is 5.19. The number of piperidine rings is 1. The van der Waals surface area contributed by atoms with Crippen LogP contribution in [0.15, 0.2) is 11.1 Å². The van der Waals surface area contributed by atoms with Gasteiger partial charge in [0.15, 0.2) is 0 Å². The Balaban J connectivity index is 2.66. The van der Waals surface area contributed by atoms with Crippen LogP contribution in [0.1, 0.15) is 26.7 Å². The molecule has 3 nitrogen and oxygen atoms in total. The third kappa shape index (κ3) is 2.84. The van der Waals surface area contributed by atoms with Crippen molar-refractivity contribution in [1.82, 2.24) is 4.90 Å². The van der Waals surface area contributed by atoms with E-state index in [1.165, 1.54) is 5.57 Å². The lowest BCUT2D eigenvalue weighted by Gasteiger charge is -2.25. The molecule has 0 aromatic rings. The first-order chi connectivity index (χ1) is 6.65. The van der Waals surface area contributed by atoms with Crippen LogP contribution >= 0.6 is 0 Å². The van der Waals surface area contributed by atoms with Crippen LogP contribution < -0.4 is 0 Å². The molecular formula is C11H19NO2. The highest BCUT2D eigenvalue weighted by Crippen LogP contribution is 2.18. The van der Waals surface area contributed by atoms with Gasteiger partial charge in [0.1, 0.15) is 0 Å². The third-order valence-corrected chi connectivity index (χ3v) is 2.59. The smallest absolute Gasteiger partial charge is 0.333 e. The molecule has 1 aliphatic rings. The van der Waals surface area contributed by atoms with E-state index in [4.69, 9.17) is 4.74 Å². The second-order valence-corrected chi connectivity index (χ2v) is 3.79. The van der Waals surface area contributed by atoms with Gasteiger partial charge in [0.05, 0.1) is 6.61 Å². The number of rotatable bonds is 2. The number of esters is 1. The molecule has 0 bridgehead atoms. The summed E-state index contributed by atoms with van der Waals surface area (Å²) >= 11 is 0. The van der Waals surface area contributed by atoms with Gasteiger partial charge in [0, 0.05) is 12.1 Å². The van der Waals surface area contributed by atoms with Crippen LogP contribution in [0, 0.1) is 0 Å². The Morgan fingerprint density at radius 1 is 1.57 bits per heavy atom. The highest BCUT2D eigenvalue weighted by molar-refractivity contribution is 5.88. The van der Waals surface area contributed by atoms with Crippen molar-refractivity contribution >= 4 is 5.97 Å². The maximum absolute atomic E-state index is 11.5. The molecule has 1 fully saturated rings. The summed E-state index contributed by atoms with van der Waals surface area (Å²) in [5, 5.41) is 0. The maximum atomic E-state index is 11.5. The second-order valence-electron chi connectivity index (χ2n) is 3.79. The minimum absolute atomic E-state index is 0.155. The van der Waals surface area contributed by atoms with Crippen LogP contribution in [0.4, 0.5) is 0 Å². The van der Waals surface area contributed by atoms with Gasteiger partial charge in [-0.3, -0.25) is 0 Å². The number of likely N-dealkylation sites (tertiary alicyclic amines) is 1. The van der Waals surface area contributed by atoms with E-state index in [1.807, 2.05) is 13.8 Å². The molecule has 0 unspecified atom stereocenters. The van der Waals surface area contributed by atoms with Crippen molar-refractivity contribution < 1.29 is 9.53 Å². The van der Waals surface area contributed by atoms with Crippen molar-refractivity contribution in [1.29, 1.82) is 0 Å². The van der Waals surface area contributed by atoms with E-state index in [0.717, 1.165) is 31.5 Å². The van der Waals surface area contributed by atoms with Gasteiger partial charge in [-0.25, -0.2) is 4.79 Å². The average Bonchev–Trinajstić information content (AvgIpc) is 2.17. The molecule has 0 radical (unpaired) electrons. The fourth-order valence-electron chi connectivity index (χ4n) is 1.74. The van der Waals surface area contributed by atoms with Crippen LogP contribution in [-0.4, -0.2) is 37.6 Å². The van der Waals surface area contributed by atoms with Crippen molar-refractivity contribution in [3.05, 3.63) is 11.1 Å². The number of ether oxygens (including phenoxy) is 1. The Hall–Kier alpha value is -0.830. The molecule has 1 aliphatic heterocycles. The van der Waals surface area contributed by atoms with Gasteiger partial charge in [-0.05, 0) is 45.9 Å². The normalized spacial score (nSPS) is 21.9. The van der Waals surface area contributed by atoms with E-state index in [0.29, 0.717) is 6.61 Å². The van der Waals surface area contributed by atoms with Crippen molar-refractivity contribution in [2.24, 2.45) is 0 Å². The average molecular weight is 197 g/mol. The first-order valence-corrected chi connectivity index (χ1v) is 5.19. The van der Waals surface area contributed by atoms with Crippen molar-refractivity contribution in [3.8, 4) is 0 Å². The lowest BCUT2D eigenvalue weighted by atomic mass is 10.0. The largest absolute Gasteiger partial charge is 0.463 e. The molecule has 0 aromatic heterocycles. The van der Waals surface area contributed by atoms with Crippen LogP contribution in [-0.2, 0) is 9.53 Å². The molecule has 80 valence electrons. The summed E-state index contributed by atoms with van der Waals surface area (Å²) in [7, 11) is 2.08. The summed E-state index contributed by atoms with van der Waals surface area (Å²) in [5.41, 5.74) is 2.04. The lowest BCUT2D eigenvalue weighted by Crippen LogP contribution is -2.28. The Kier molecular flexibility index (Phi) is 4.14. The van der Waals surface area contributed by atoms with Gasteiger partial charge in [0.2, 0.25) is 0 Å². The fourth-order valence-corrected chi connectivity index (χ4v) is 1.74. The summed E-state index contributed by atoms with van der Waals surface area (Å²) in [6, 6.07) is 0. The van der Waals surface area contributed by atoms with Crippen LogP contribution in [0.5, 0.6) is 0 Å². The lowest BCUT2D eigenvalue weighted by molar-refractivity contribution is -0.138. The van der Waals surface area contributed by atoms with Crippen molar-refractivity contribution in [2.75, 3.05) is 26.7 Å². The Bertz CT molecular complexity index is 246. The summed E-state index contributed by atoms with van der Waals surface area (Å²) < 4.78 is 4.98. The Morgan fingerprint density at radius 3 is 2.86 bits per heavy atom. The molecule has 0 amide bonds. The number of hydrogen-bond acceptors (Lipinski definition) is 3. The van der Waals surface area contributed by atoms with Gasteiger partial charge in [-0.2, -0.15) is 0 Å². The standard InChI is InChI=1S/C11H19NO2/c1-4-14-11(13)9(2)10-6-5-7-12(3)8-10/h4-8H2,1-3H3. The van der Waals surface area contributed by atoms with Gasteiger partial charge >= 0.3 is 5.97 Å². The van der Waals surface area contributed by atoms with Crippen LogP contribution in [0.25, 0.3) is 0 Å². The molecular weight excluding hydrogens is 178 g/mol. The Morgan fingerprint density at radius 2 is 2.29 bits per heavy atom. The summed E-state index contributed by atoms with van der Waals surface area (Å²) in [6.45, 7) is 6.19. The molecule has 1 heterocycles. The zero-order valence-corrected chi connectivity index (χ0v) is 9.30. The van der Waals surface area contributed by atoms with Gasteiger partial charge in [-0.15, -0.1) is 0 Å². The third-order valence-electron chi connectivity index (χ3n) is 2.59. The topological polar surface area (TPSA) is 29.5 Å². The first kappa shape index (κ1) is 11.2. The number of carbonyl (C=O) groups is 1. The predicted octanol–water partition coefficient (Wildman–Crippen LogP) is 1.59. The number of hydrogen-bond donors (Lipinski definition) is 0. The molecule has 3 heteroatoms. The van der Waals surface area contributed by atoms with E-state index in [2.05, 4.69) is 11.9 Å². The van der Waals surface area contributed by atoms with Crippen molar-refractivity contribution in [3.63, 3.8) is 0 Å². The molecule has 0 N–H and O–H groups in total. The highest BCUT2D eigenvalue weighted by atomic mass is 16.5. The quantitative estimate of drug-likeness (QED) is 0.497. The van der Waals surface area contributed by atoms with E-state index < -0.39 is 0 Å². The molecule has 1 rings (SSSR count). The number of likely N-dealkylation sites (N-methyl/N-ethyl adjacent to an activating group) is 1. The molecule has 1 saturated heterocycles.